The minimum absolute atomic E-state index is 0.665. The zero-order valence-electron chi connectivity index (χ0n) is 12.1. The molecule has 0 atom stereocenters. The summed E-state index contributed by atoms with van der Waals surface area (Å²) in [6.45, 7) is 9.32. The van der Waals surface area contributed by atoms with Gasteiger partial charge in [-0.25, -0.2) is 4.99 Å². The molecule has 0 unspecified atom stereocenters. The molecule has 0 aliphatic rings. The molecule has 100 valence electrons. The lowest BCUT2D eigenvalue weighted by atomic mass is 10.1. The van der Waals surface area contributed by atoms with E-state index in [4.69, 9.17) is 0 Å². The molecule has 0 saturated carbocycles. The zero-order valence-corrected chi connectivity index (χ0v) is 12.9. The Morgan fingerprint density at radius 3 is 2.06 bits per heavy atom. The van der Waals surface area contributed by atoms with Crippen molar-refractivity contribution in [2.75, 3.05) is 6.54 Å². The van der Waals surface area contributed by atoms with Crippen molar-refractivity contribution in [3.8, 4) is 0 Å². The molecule has 0 rings (SSSR count). The van der Waals surface area contributed by atoms with E-state index >= 15 is 0 Å². The minimum Gasteiger partial charge on any atom is -0.228 e. The summed E-state index contributed by atoms with van der Waals surface area (Å²) >= 11 is 4.52. The number of thiocarbonyl (C=S) groups is 1. The van der Waals surface area contributed by atoms with E-state index in [2.05, 4.69) is 68.3 Å². The molecular weight excluding hydrogens is 240 g/mol. The average Bonchev–Trinajstić information content (AvgIpc) is 2.29. The Balaban J connectivity index is 3.89. The van der Waals surface area contributed by atoms with Crippen molar-refractivity contribution in [1.82, 2.24) is 0 Å². The van der Waals surface area contributed by atoms with Crippen molar-refractivity contribution in [3.63, 3.8) is 0 Å². The molecule has 0 bridgehead atoms. The van der Waals surface area contributed by atoms with Crippen LogP contribution in [-0.2, 0) is 0 Å². The largest absolute Gasteiger partial charge is 0.228 e. The van der Waals surface area contributed by atoms with Gasteiger partial charge in [0.15, 0.2) is 0 Å². The van der Waals surface area contributed by atoms with Crippen molar-refractivity contribution in [2.45, 2.75) is 53.4 Å². The number of allylic oxidation sites excluding steroid dienone is 5. The van der Waals surface area contributed by atoms with Gasteiger partial charge in [0, 0.05) is 0 Å². The van der Waals surface area contributed by atoms with Crippen LogP contribution in [0.3, 0.4) is 0 Å². The van der Waals surface area contributed by atoms with Crippen molar-refractivity contribution >= 4 is 17.4 Å². The molecule has 0 heterocycles. The van der Waals surface area contributed by atoms with E-state index in [9.17, 15) is 0 Å². The van der Waals surface area contributed by atoms with Gasteiger partial charge in [-0.05, 0) is 65.6 Å². The highest BCUT2D eigenvalue weighted by Gasteiger charge is 1.91. The summed E-state index contributed by atoms with van der Waals surface area (Å²) in [7, 11) is 0. The fourth-order valence-electron chi connectivity index (χ4n) is 1.58. The lowest BCUT2D eigenvalue weighted by molar-refractivity contribution is 0.915. The summed E-state index contributed by atoms with van der Waals surface area (Å²) in [5, 5.41) is 2.38. The van der Waals surface area contributed by atoms with Gasteiger partial charge >= 0.3 is 0 Å². The van der Waals surface area contributed by atoms with E-state index in [1.807, 2.05) is 0 Å². The Morgan fingerprint density at radius 1 is 0.944 bits per heavy atom. The van der Waals surface area contributed by atoms with Crippen molar-refractivity contribution in [3.05, 3.63) is 34.9 Å². The number of aliphatic imine (C=N–C) groups is 1. The minimum atomic E-state index is 0.665. The highest BCUT2D eigenvalue weighted by atomic mass is 32.1. The van der Waals surface area contributed by atoms with Gasteiger partial charge in [0.2, 0.25) is 0 Å². The molecule has 0 spiro atoms. The first kappa shape index (κ1) is 17.0. The second-order valence-electron chi connectivity index (χ2n) is 4.89. The quantitative estimate of drug-likeness (QED) is 0.320. The van der Waals surface area contributed by atoms with Gasteiger partial charge in [-0.3, -0.25) is 0 Å². The maximum Gasteiger partial charge on any atom is 0.0676 e. The maximum absolute atomic E-state index is 4.52. The second-order valence-corrected chi connectivity index (χ2v) is 5.07. The molecule has 0 N–H and O–H groups in total. The number of rotatable bonds is 8. The van der Waals surface area contributed by atoms with Crippen LogP contribution in [0.25, 0.3) is 0 Å². The van der Waals surface area contributed by atoms with E-state index in [1.165, 1.54) is 23.1 Å². The van der Waals surface area contributed by atoms with Crippen LogP contribution < -0.4 is 0 Å². The van der Waals surface area contributed by atoms with Gasteiger partial charge in [-0.15, -0.1) is 0 Å². The lowest BCUT2D eigenvalue weighted by Gasteiger charge is -2.00. The number of nitrogens with zero attached hydrogens (tertiary/aromatic N) is 1. The second kappa shape index (κ2) is 11.1. The van der Waals surface area contributed by atoms with Gasteiger partial charge in [-0.1, -0.05) is 34.9 Å². The fourth-order valence-corrected chi connectivity index (χ4v) is 1.65. The van der Waals surface area contributed by atoms with E-state index in [0.717, 1.165) is 19.3 Å². The van der Waals surface area contributed by atoms with Crippen molar-refractivity contribution in [2.24, 2.45) is 4.99 Å². The monoisotopic (exact) mass is 265 g/mol. The first-order chi connectivity index (χ1) is 8.56. The molecular formula is C16H25NS. The average molecular weight is 265 g/mol. The van der Waals surface area contributed by atoms with Crippen molar-refractivity contribution in [1.29, 1.82) is 0 Å². The van der Waals surface area contributed by atoms with Crippen LogP contribution in [0.5, 0.6) is 0 Å². The van der Waals surface area contributed by atoms with Crippen LogP contribution in [-0.4, -0.2) is 11.7 Å². The third-order valence-electron chi connectivity index (χ3n) is 2.72. The van der Waals surface area contributed by atoms with Gasteiger partial charge in [-0.2, -0.15) is 0 Å². The van der Waals surface area contributed by atoms with Gasteiger partial charge < -0.3 is 0 Å². The highest BCUT2D eigenvalue weighted by Crippen LogP contribution is 2.11. The number of hydrogen-bond donors (Lipinski definition) is 0. The number of hydrogen-bond acceptors (Lipinski definition) is 2. The molecule has 0 aromatic heterocycles. The van der Waals surface area contributed by atoms with Crippen LogP contribution >= 0.6 is 12.2 Å². The molecule has 0 amide bonds. The zero-order chi connectivity index (χ0) is 13.8. The van der Waals surface area contributed by atoms with Crippen LogP contribution in [0.15, 0.2) is 39.9 Å². The van der Waals surface area contributed by atoms with Crippen LogP contribution in [0.4, 0.5) is 0 Å². The van der Waals surface area contributed by atoms with E-state index in [0.29, 0.717) is 6.54 Å². The Kier molecular flexibility index (Phi) is 10.5. The summed E-state index contributed by atoms with van der Waals surface area (Å²) in [5.74, 6) is 0. The van der Waals surface area contributed by atoms with Crippen LogP contribution in [0, 0.1) is 0 Å². The molecule has 2 heteroatoms. The van der Waals surface area contributed by atoms with Gasteiger partial charge in [0.25, 0.3) is 0 Å². The van der Waals surface area contributed by atoms with Crippen LogP contribution in [0.2, 0.25) is 0 Å². The lowest BCUT2D eigenvalue weighted by Crippen LogP contribution is -1.82. The molecule has 0 saturated heterocycles. The Labute approximate surface area is 117 Å². The Hall–Kier alpha value is -0.980. The molecule has 0 aliphatic carbocycles. The van der Waals surface area contributed by atoms with E-state index < -0.39 is 0 Å². The fraction of sp³-hybridized carbons (Fsp3) is 0.562. The summed E-state index contributed by atoms with van der Waals surface area (Å²) in [4.78, 5) is 3.88. The maximum atomic E-state index is 4.52. The topological polar surface area (TPSA) is 12.4 Å². The molecule has 0 radical (unpaired) electrons. The third-order valence-corrected chi connectivity index (χ3v) is 2.85. The summed E-state index contributed by atoms with van der Waals surface area (Å²) < 4.78 is 0. The van der Waals surface area contributed by atoms with Gasteiger partial charge in [0.05, 0.1) is 11.7 Å². The molecule has 0 fully saturated rings. The molecule has 0 aliphatic heterocycles. The standard InChI is InChI=1S/C16H25NS/c1-14(2)7-5-8-15(3)9-6-10-16(4)11-12-17-13-18/h7,9,11H,5-6,8,10,12H2,1-4H3/b15-9+,16-11+/i13+2. The summed E-state index contributed by atoms with van der Waals surface area (Å²) in [6, 6.07) is 0. The Bertz CT molecular complexity index is 365. The first-order valence-electron chi connectivity index (χ1n) is 6.54. The molecule has 1 nitrogen and oxygen atoms in total. The smallest absolute Gasteiger partial charge is 0.0676 e. The number of isothiocyanates is 1. The molecule has 18 heavy (non-hydrogen) atoms. The predicted molar refractivity (Wildman–Crippen MR) is 85.3 cm³/mol. The van der Waals surface area contributed by atoms with Gasteiger partial charge in [0.1, 0.15) is 0 Å². The SMILES string of the molecule is CC(C)=CCC/C(C)=C/CC/C(C)=C/CN=[14C]=S. The summed E-state index contributed by atoms with van der Waals surface area (Å²) in [6.07, 6.45) is 11.3. The van der Waals surface area contributed by atoms with Crippen molar-refractivity contribution < 1.29 is 0 Å². The van der Waals surface area contributed by atoms with E-state index in [1.54, 1.807) is 0 Å². The highest BCUT2D eigenvalue weighted by molar-refractivity contribution is 7.78. The normalized spacial score (nSPS) is 12.0. The van der Waals surface area contributed by atoms with E-state index in [-0.39, 0.29) is 0 Å². The first-order valence-corrected chi connectivity index (χ1v) is 6.95. The molecule has 0 aromatic carbocycles. The van der Waals surface area contributed by atoms with Crippen LogP contribution in [0.1, 0.15) is 53.4 Å². The summed E-state index contributed by atoms with van der Waals surface area (Å²) in [5.41, 5.74) is 4.26. The Morgan fingerprint density at radius 2 is 1.50 bits per heavy atom. The molecule has 0 aromatic rings. The third kappa shape index (κ3) is 11.5. The predicted octanol–water partition coefficient (Wildman–Crippen LogP) is 5.51.